The van der Waals surface area contributed by atoms with Crippen LogP contribution < -0.4 is 15.5 Å². The van der Waals surface area contributed by atoms with Crippen molar-refractivity contribution in [3.8, 4) is 0 Å². The van der Waals surface area contributed by atoms with Gasteiger partial charge in [0.05, 0.1) is 11.1 Å². The van der Waals surface area contributed by atoms with Gasteiger partial charge < -0.3 is 20.3 Å². The summed E-state index contributed by atoms with van der Waals surface area (Å²) in [6.07, 6.45) is -3.08. The standard InChI is InChI=1S/C28H28F3N3O3/c1-37-15-5-13-32-27(36)24-17-23(33-26(35)20-8-4-9-22(16-20)28(29,30)31)10-11-25(24)34-14-12-19-6-2-3-7-21(19)18-34/h2-4,6-11,16-17H,5,12-15,18H2,1H3,(H,32,36)(H,33,35). The van der Waals surface area contributed by atoms with Crippen molar-refractivity contribution in [3.63, 3.8) is 0 Å². The Morgan fingerprint density at radius 3 is 2.51 bits per heavy atom. The van der Waals surface area contributed by atoms with E-state index in [1.165, 1.54) is 23.3 Å². The van der Waals surface area contributed by atoms with Crippen molar-refractivity contribution in [1.82, 2.24) is 5.32 Å². The number of hydrogen-bond donors (Lipinski definition) is 2. The lowest BCUT2D eigenvalue weighted by Gasteiger charge is -2.32. The predicted molar refractivity (Wildman–Crippen MR) is 136 cm³/mol. The molecule has 1 aliphatic heterocycles. The number of carbonyl (C=O) groups is 2. The molecule has 0 saturated carbocycles. The number of methoxy groups -OCH3 is 1. The maximum atomic E-state index is 13.2. The Kier molecular flexibility index (Phi) is 8.13. The van der Waals surface area contributed by atoms with Crippen LogP contribution in [-0.4, -0.2) is 38.6 Å². The molecule has 2 N–H and O–H groups in total. The molecule has 4 rings (SSSR count). The fraction of sp³-hybridized carbons (Fsp3) is 0.286. The Balaban J connectivity index is 1.59. The van der Waals surface area contributed by atoms with Gasteiger partial charge in [0.25, 0.3) is 11.8 Å². The molecule has 0 bridgehead atoms. The SMILES string of the molecule is COCCCNC(=O)c1cc(NC(=O)c2cccc(C(F)(F)F)c2)ccc1N1CCc2ccccc2C1. The van der Waals surface area contributed by atoms with Crippen LogP contribution in [0.5, 0.6) is 0 Å². The van der Waals surface area contributed by atoms with Crippen molar-refractivity contribution in [2.24, 2.45) is 0 Å². The van der Waals surface area contributed by atoms with Crippen molar-refractivity contribution in [3.05, 3.63) is 94.5 Å². The van der Waals surface area contributed by atoms with Crippen molar-refractivity contribution < 1.29 is 27.5 Å². The molecule has 9 heteroatoms. The molecule has 3 aromatic carbocycles. The van der Waals surface area contributed by atoms with Crippen molar-refractivity contribution in [2.75, 3.05) is 37.0 Å². The number of alkyl halides is 3. The fourth-order valence-electron chi connectivity index (χ4n) is 4.33. The molecule has 3 aromatic rings. The van der Waals surface area contributed by atoms with Gasteiger partial charge in [-0.05, 0) is 60.4 Å². The first kappa shape index (κ1) is 26.2. The molecule has 2 amide bonds. The second-order valence-corrected chi connectivity index (χ2v) is 8.81. The molecule has 6 nitrogen and oxygen atoms in total. The van der Waals surface area contributed by atoms with E-state index in [0.29, 0.717) is 37.4 Å². The van der Waals surface area contributed by atoms with Gasteiger partial charge in [-0.15, -0.1) is 0 Å². The molecule has 37 heavy (non-hydrogen) atoms. The van der Waals surface area contributed by atoms with E-state index in [9.17, 15) is 22.8 Å². The van der Waals surface area contributed by atoms with Gasteiger partial charge in [0.1, 0.15) is 0 Å². The molecule has 194 valence electrons. The van der Waals surface area contributed by atoms with Gasteiger partial charge in [-0.3, -0.25) is 9.59 Å². The molecule has 0 saturated heterocycles. The summed E-state index contributed by atoms with van der Waals surface area (Å²) >= 11 is 0. The molecule has 0 aromatic heterocycles. The lowest BCUT2D eigenvalue weighted by Crippen LogP contribution is -2.33. The zero-order valence-corrected chi connectivity index (χ0v) is 20.4. The Labute approximate surface area is 213 Å². The van der Waals surface area contributed by atoms with Crippen LogP contribution in [0.25, 0.3) is 0 Å². The van der Waals surface area contributed by atoms with Crippen LogP contribution in [0.3, 0.4) is 0 Å². The molecule has 0 spiro atoms. The fourth-order valence-corrected chi connectivity index (χ4v) is 4.33. The summed E-state index contributed by atoms with van der Waals surface area (Å²) in [5, 5.41) is 5.51. The molecule has 0 atom stereocenters. The summed E-state index contributed by atoms with van der Waals surface area (Å²) in [5.74, 6) is -1.00. The summed E-state index contributed by atoms with van der Waals surface area (Å²) in [6, 6.07) is 17.4. The number of anilines is 2. The maximum absolute atomic E-state index is 13.2. The van der Waals surface area contributed by atoms with Gasteiger partial charge in [-0.2, -0.15) is 13.2 Å². The zero-order chi connectivity index (χ0) is 26.4. The number of ether oxygens (including phenoxy) is 1. The minimum absolute atomic E-state index is 0.128. The maximum Gasteiger partial charge on any atom is 0.416 e. The first-order valence-corrected chi connectivity index (χ1v) is 12.0. The van der Waals surface area contributed by atoms with Crippen LogP contribution in [0.2, 0.25) is 0 Å². The van der Waals surface area contributed by atoms with Gasteiger partial charge in [-0.25, -0.2) is 0 Å². The number of nitrogens with zero attached hydrogens (tertiary/aromatic N) is 1. The third-order valence-corrected chi connectivity index (χ3v) is 6.23. The molecular weight excluding hydrogens is 483 g/mol. The monoisotopic (exact) mass is 511 g/mol. The summed E-state index contributed by atoms with van der Waals surface area (Å²) in [6.45, 7) is 2.27. The highest BCUT2D eigenvalue weighted by Gasteiger charge is 2.31. The first-order chi connectivity index (χ1) is 17.8. The highest BCUT2D eigenvalue weighted by molar-refractivity contribution is 6.06. The summed E-state index contributed by atoms with van der Waals surface area (Å²) in [7, 11) is 1.59. The number of carbonyl (C=O) groups excluding carboxylic acids is 2. The topological polar surface area (TPSA) is 70.7 Å². The number of halogens is 3. The molecule has 0 radical (unpaired) electrons. The van der Waals surface area contributed by atoms with E-state index >= 15 is 0 Å². The zero-order valence-electron chi connectivity index (χ0n) is 20.4. The quantitative estimate of drug-likeness (QED) is 0.404. The van der Waals surface area contributed by atoms with Gasteiger partial charge >= 0.3 is 6.18 Å². The van der Waals surface area contributed by atoms with Crippen LogP contribution in [0, 0.1) is 0 Å². The van der Waals surface area contributed by atoms with E-state index in [1.807, 2.05) is 12.1 Å². The van der Waals surface area contributed by atoms with Gasteiger partial charge in [-0.1, -0.05) is 30.3 Å². The molecule has 0 aliphatic carbocycles. The Hall–Kier alpha value is -3.85. The Bertz CT molecular complexity index is 1280. The molecule has 0 unspecified atom stereocenters. The summed E-state index contributed by atoms with van der Waals surface area (Å²) < 4.78 is 44.3. The van der Waals surface area contributed by atoms with Crippen molar-refractivity contribution >= 4 is 23.2 Å². The third-order valence-electron chi connectivity index (χ3n) is 6.23. The molecule has 1 heterocycles. The number of fused-ring (bicyclic) bond motifs is 1. The molecule has 0 fully saturated rings. The molecular formula is C28H28F3N3O3. The summed E-state index contributed by atoms with van der Waals surface area (Å²) in [5.41, 5.74) is 2.82. The minimum atomic E-state index is -4.56. The van der Waals surface area contributed by atoms with Crippen LogP contribution in [-0.2, 0) is 23.9 Å². The van der Waals surface area contributed by atoms with Gasteiger partial charge in [0.2, 0.25) is 0 Å². The van der Waals surface area contributed by atoms with Crippen LogP contribution >= 0.6 is 0 Å². The van der Waals surface area contributed by atoms with Gasteiger partial charge in [0.15, 0.2) is 0 Å². The predicted octanol–water partition coefficient (Wildman–Crippen LogP) is 5.29. The average molecular weight is 512 g/mol. The lowest BCUT2D eigenvalue weighted by molar-refractivity contribution is -0.137. The third kappa shape index (κ3) is 6.48. The van der Waals surface area contributed by atoms with E-state index in [-0.39, 0.29) is 11.5 Å². The number of benzene rings is 3. The largest absolute Gasteiger partial charge is 0.416 e. The van der Waals surface area contributed by atoms with Gasteiger partial charge in [0, 0.05) is 50.3 Å². The van der Waals surface area contributed by atoms with E-state index in [2.05, 4.69) is 27.7 Å². The van der Waals surface area contributed by atoms with E-state index < -0.39 is 17.6 Å². The van der Waals surface area contributed by atoms with Crippen molar-refractivity contribution in [1.29, 1.82) is 0 Å². The second-order valence-electron chi connectivity index (χ2n) is 8.81. The van der Waals surface area contributed by atoms with E-state index in [4.69, 9.17) is 4.74 Å². The highest BCUT2D eigenvalue weighted by atomic mass is 19.4. The second kappa shape index (κ2) is 11.5. The first-order valence-electron chi connectivity index (χ1n) is 12.0. The number of rotatable bonds is 8. The minimum Gasteiger partial charge on any atom is -0.385 e. The van der Waals surface area contributed by atoms with E-state index in [1.54, 1.807) is 25.3 Å². The normalized spacial score (nSPS) is 13.1. The Morgan fingerprint density at radius 2 is 1.76 bits per heavy atom. The lowest BCUT2D eigenvalue weighted by atomic mass is 9.98. The van der Waals surface area contributed by atoms with Crippen LogP contribution in [0.4, 0.5) is 24.5 Å². The highest BCUT2D eigenvalue weighted by Crippen LogP contribution is 2.31. The smallest absolute Gasteiger partial charge is 0.385 e. The van der Waals surface area contributed by atoms with Crippen LogP contribution in [0.1, 0.15) is 43.8 Å². The Morgan fingerprint density at radius 1 is 0.973 bits per heavy atom. The van der Waals surface area contributed by atoms with E-state index in [0.717, 1.165) is 30.8 Å². The number of hydrogen-bond acceptors (Lipinski definition) is 4. The average Bonchev–Trinajstić information content (AvgIpc) is 2.90. The number of nitrogens with one attached hydrogen (secondary N) is 2. The molecule has 1 aliphatic rings. The number of amides is 2. The van der Waals surface area contributed by atoms with Crippen molar-refractivity contribution in [2.45, 2.75) is 25.6 Å². The van der Waals surface area contributed by atoms with Crippen LogP contribution in [0.15, 0.2) is 66.7 Å². The summed E-state index contributed by atoms with van der Waals surface area (Å²) in [4.78, 5) is 28.0.